The molecule has 2 atom stereocenters. The number of aliphatic hydroxyl groups excluding tert-OH is 1. The summed E-state index contributed by atoms with van der Waals surface area (Å²) in [6.45, 7) is 3.54. The standard InChI is InChI=1S/C26H33FN2O5/c27-21-7-9-22(10-8-21)34-19-26(32)18-28(14-11-24(26)30)17-20-4-1-5-23(16-20)33-15-3-13-29-12-2-6-25(29)31/h1,4-5,7-10,16,24,30,32H,2-3,6,11-15,17-19H2/t24-,26-/m0/s1. The van der Waals surface area contributed by atoms with Crippen molar-refractivity contribution in [2.45, 2.75) is 43.9 Å². The zero-order valence-electron chi connectivity index (χ0n) is 19.4. The minimum absolute atomic E-state index is 0.0844. The van der Waals surface area contributed by atoms with E-state index in [-0.39, 0.29) is 24.9 Å². The van der Waals surface area contributed by atoms with Crippen LogP contribution in [0.5, 0.6) is 11.5 Å². The molecule has 0 bridgehead atoms. The molecule has 2 saturated heterocycles. The summed E-state index contributed by atoms with van der Waals surface area (Å²) in [5.74, 6) is 1.09. The molecule has 2 aromatic rings. The number of halogens is 1. The first-order valence-electron chi connectivity index (χ1n) is 11.9. The van der Waals surface area contributed by atoms with Gasteiger partial charge in [0.2, 0.25) is 5.91 Å². The SMILES string of the molecule is O=C1CCCN1CCCOc1cccc(CN2CC[C@H](O)[C@@](O)(COc3ccc(F)cc3)C2)c1. The first kappa shape index (κ1) is 24.4. The van der Waals surface area contributed by atoms with Crippen LogP contribution in [-0.4, -0.2) is 77.0 Å². The van der Waals surface area contributed by atoms with Crippen LogP contribution in [0.15, 0.2) is 48.5 Å². The van der Waals surface area contributed by atoms with Gasteiger partial charge < -0.3 is 24.6 Å². The van der Waals surface area contributed by atoms with Gasteiger partial charge >= 0.3 is 0 Å². The van der Waals surface area contributed by atoms with Crippen LogP contribution in [0.4, 0.5) is 4.39 Å². The highest BCUT2D eigenvalue weighted by Gasteiger charge is 2.42. The molecule has 2 aliphatic heterocycles. The summed E-state index contributed by atoms with van der Waals surface area (Å²) in [6.07, 6.45) is 1.92. The molecule has 8 heteroatoms. The van der Waals surface area contributed by atoms with Crippen molar-refractivity contribution in [2.24, 2.45) is 0 Å². The number of β-amino-alcohol motifs (C(OH)–C–C–N with tert-alkyl or cyclic N) is 1. The van der Waals surface area contributed by atoms with E-state index < -0.39 is 11.7 Å². The predicted octanol–water partition coefficient (Wildman–Crippen LogP) is 2.59. The van der Waals surface area contributed by atoms with Gasteiger partial charge in [0.05, 0.1) is 12.7 Å². The van der Waals surface area contributed by atoms with E-state index in [2.05, 4.69) is 4.90 Å². The summed E-state index contributed by atoms with van der Waals surface area (Å²) in [6, 6.07) is 13.4. The Morgan fingerprint density at radius 2 is 1.91 bits per heavy atom. The Kier molecular flexibility index (Phi) is 8.03. The fraction of sp³-hybridized carbons (Fsp3) is 0.500. The van der Waals surface area contributed by atoms with Gasteiger partial charge in [0.25, 0.3) is 0 Å². The Bertz CT molecular complexity index is 956. The third kappa shape index (κ3) is 6.46. The Labute approximate surface area is 199 Å². The van der Waals surface area contributed by atoms with Gasteiger partial charge in [-0.2, -0.15) is 0 Å². The molecule has 0 spiro atoms. The molecule has 4 rings (SSSR count). The molecule has 34 heavy (non-hydrogen) atoms. The monoisotopic (exact) mass is 472 g/mol. The number of carbonyl (C=O) groups is 1. The van der Waals surface area contributed by atoms with Crippen molar-refractivity contribution in [1.82, 2.24) is 9.80 Å². The van der Waals surface area contributed by atoms with Gasteiger partial charge in [-0.3, -0.25) is 9.69 Å². The van der Waals surface area contributed by atoms with E-state index in [0.717, 1.165) is 37.2 Å². The molecule has 7 nitrogen and oxygen atoms in total. The second-order valence-electron chi connectivity index (χ2n) is 9.20. The largest absolute Gasteiger partial charge is 0.494 e. The number of amides is 1. The lowest BCUT2D eigenvalue weighted by atomic mass is 9.90. The molecule has 2 heterocycles. The normalized spacial score (nSPS) is 23.3. The molecule has 2 aliphatic rings. The van der Waals surface area contributed by atoms with E-state index >= 15 is 0 Å². The average molecular weight is 473 g/mol. The first-order valence-corrected chi connectivity index (χ1v) is 11.9. The van der Waals surface area contributed by atoms with Crippen molar-refractivity contribution in [3.8, 4) is 11.5 Å². The number of likely N-dealkylation sites (tertiary alicyclic amines) is 2. The lowest BCUT2D eigenvalue weighted by Gasteiger charge is -2.42. The highest BCUT2D eigenvalue weighted by molar-refractivity contribution is 5.77. The van der Waals surface area contributed by atoms with Crippen LogP contribution in [0.3, 0.4) is 0 Å². The summed E-state index contributed by atoms with van der Waals surface area (Å²) >= 11 is 0. The Hall–Kier alpha value is -2.68. The van der Waals surface area contributed by atoms with E-state index in [1.54, 1.807) is 0 Å². The molecule has 2 fully saturated rings. The molecule has 0 aromatic heterocycles. The molecular formula is C26H33FN2O5. The van der Waals surface area contributed by atoms with Crippen LogP contribution in [0.2, 0.25) is 0 Å². The van der Waals surface area contributed by atoms with Gasteiger partial charge in [-0.1, -0.05) is 12.1 Å². The third-order valence-electron chi connectivity index (χ3n) is 6.46. The first-order chi connectivity index (χ1) is 16.4. The highest BCUT2D eigenvalue weighted by atomic mass is 19.1. The van der Waals surface area contributed by atoms with E-state index in [1.807, 2.05) is 29.2 Å². The number of ether oxygens (including phenoxy) is 2. The summed E-state index contributed by atoms with van der Waals surface area (Å²) < 4.78 is 24.6. The van der Waals surface area contributed by atoms with Crippen LogP contribution in [0, 0.1) is 5.82 Å². The molecule has 184 valence electrons. The van der Waals surface area contributed by atoms with Crippen molar-refractivity contribution in [2.75, 3.05) is 39.4 Å². The van der Waals surface area contributed by atoms with Crippen molar-refractivity contribution >= 4 is 5.91 Å². The van der Waals surface area contributed by atoms with Crippen LogP contribution >= 0.6 is 0 Å². The second-order valence-corrected chi connectivity index (χ2v) is 9.20. The van der Waals surface area contributed by atoms with Gasteiger partial charge in [0.15, 0.2) is 0 Å². The maximum absolute atomic E-state index is 13.1. The van der Waals surface area contributed by atoms with Crippen LogP contribution in [0.25, 0.3) is 0 Å². The molecule has 0 saturated carbocycles. The molecular weight excluding hydrogens is 439 g/mol. The van der Waals surface area contributed by atoms with Crippen LogP contribution in [-0.2, 0) is 11.3 Å². The van der Waals surface area contributed by atoms with E-state index in [9.17, 15) is 19.4 Å². The molecule has 0 radical (unpaired) electrons. The number of rotatable bonds is 10. The minimum atomic E-state index is -1.42. The van der Waals surface area contributed by atoms with Crippen molar-refractivity contribution in [3.05, 3.63) is 59.9 Å². The maximum atomic E-state index is 13.1. The fourth-order valence-corrected chi connectivity index (χ4v) is 4.54. The van der Waals surface area contributed by atoms with Gasteiger partial charge in [0.1, 0.15) is 29.5 Å². The second kappa shape index (κ2) is 11.2. The Balaban J connectivity index is 1.27. The summed E-state index contributed by atoms with van der Waals surface area (Å²) in [4.78, 5) is 15.7. The van der Waals surface area contributed by atoms with Gasteiger partial charge in [-0.25, -0.2) is 4.39 Å². The Morgan fingerprint density at radius 1 is 1.09 bits per heavy atom. The minimum Gasteiger partial charge on any atom is -0.494 e. The molecule has 2 N–H and O–H groups in total. The predicted molar refractivity (Wildman–Crippen MR) is 125 cm³/mol. The van der Waals surface area contributed by atoms with Gasteiger partial charge in [0, 0.05) is 39.1 Å². The fourth-order valence-electron chi connectivity index (χ4n) is 4.54. The van der Waals surface area contributed by atoms with Crippen LogP contribution in [0.1, 0.15) is 31.2 Å². The summed E-state index contributed by atoms with van der Waals surface area (Å²) in [5, 5.41) is 21.5. The van der Waals surface area contributed by atoms with Crippen molar-refractivity contribution in [3.63, 3.8) is 0 Å². The zero-order chi connectivity index (χ0) is 24.0. The smallest absolute Gasteiger partial charge is 0.222 e. The number of aliphatic hydroxyl groups is 2. The van der Waals surface area contributed by atoms with Gasteiger partial charge in [-0.15, -0.1) is 0 Å². The van der Waals surface area contributed by atoms with Crippen molar-refractivity contribution in [1.29, 1.82) is 0 Å². The molecule has 0 unspecified atom stereocenters. The number of nitrogens with zero attached hydrogens (tertiary/aromatic N) is 2. The summed E-state index contributed by atoms with van der Waals surface area (Å²) in [7, 11) is 0. The summed E-state index contributed by atoms with van der Waals surface area (Å²) in [5.41, 5.74) is -0.376. The quantitative estimate of drug-likeness (QED) is 0.518. The number of benzene rings is 2. The topological polar surface area (TPSA) is 82.5 Å². The van der Waals surface area contributed by atoms with E-state index in [0.29, 0.717) is 38.3 Å². The Morgan fingerprint density at radius 3 is 2.68 bits per heavy atom. The van der Waals surface area contributed by atoms with Gasteiger partial charge in [-0.05, 0) is 61.2 Å². The molecule has 1 amide bonds. The molecule has 0 aliphatic carbocycles. The number of carbonyl (C=O) groups excluding carboxylic acids is 1. The maximum Gasteiger partial charge on any atom is 0.222 e. The lowest BCUT2D eigenvalue weighted by Crippen LogP contribution is -2.59. The van der Waals surface area contributed by atoms with Crippen LogP contribution < -0.4 is 9.47 Å². The number of hydrogen-bond acceptors (Lipinski definition) is 6. The highest BCUT2D eigenvalue weighted by Crippen LogP contribution is 2.26. The number of piperidine rings is 1. The lowest BCUT2D eigenvalue weighted by molar-refractivity contribution is -0.140. The average Bonchev–Trinajstić information content (AvgIpc) is 3.24. The number of hydrogen-bond donors (Lipinski definition) is 2. The molecule has 2 aromatic carbocycles. The van der Waals surface area contributed by atoms with Crippen molar-refractivity contribution < 1.29 is 28.9 Å². The van der Waals surface area contributed by atoms with E-state index in [1.165, 1.54) is 24.3 Å². The zero-order valence-corrected chi connectivity index (χ0v) is 19.4. The van der Waals surface area contributed by atoms with E-state index in [4.69, 9.17) is 9.47 Å². The third-order valence-corrected chi connectivity index (χ3v) is 6.46.